The number of aliphatic hydroxyl groups is 2. The minimum atomic E-state index is -4.17. The first-order valence-corrected chi connectivity index (χ1v) is 11.0. The third kappa shape index (κ3) is 4.98. The fraction of sp³-hybridized carbons (Fsp3) is 0.696. The number of alkyl halides is 3. The van der Waals surface area contributed by atoms with Gasteiger partial charge in [-0.05, 0) is 50.3 Å². The van der Waals surface area contributed by atoms with Crippen molar-refractivity contribution < 1.29 is 37.7 Å². The lowest BCUT2D eigenvalue weighted by atomic mass is 9.72. The van der Waals surface area contributed by atoms with Gasteiger partial charge in [-0.15, -0.1) is 0 Å². The molecule has 1 saturated heterocycles. The third-order valence-corrected chi connectivity index (χ3v) is 7.19. The first kappa shape index (κ1) is 24.6. The number of likely N-dealkylation sites (tertiary alicyclic amines) is 1. The molecule has 0 aromatic heterocycles. The van der Waals surface area contributed by atoms with E-state index in [2.05, 4.69) is 0 Å². The SMILES string of the molecule is COc1ccc(C2CN(C(=O)CO)CC2(C)[C@@H](C)O)cc1OC1CCC(C(F)(F)F)CC1. The molecular weight excluding hydrogens is 427 g/mol. The molecule has 0 bridgehead atoms. The highest BCUT2D eigenvalue weighted by Crippen LogP contribution is 2.47. The summed E-state index contributed by atoms with van der Waals surface area (Å²) in [6.07, 6.45) is -4.52. The van der Waals surface area contributed by atoms with Crippen LogP contribution < -0.4 is 9.47 Å². The van der Waals surface area contributed by atoms with E-state index < -0.39 is 36.1 Å². The molecule has 180 valence electrons. The second-order valence-electron chi connectivity index (χ2n) is 9.21. The van der Waals surface area contributed by atoms with Crippen molar-refractivity contribution in [3.63, 3.8) is 0 Å². The predicted molar refractivity (Wildman–Crippen MR) is 112 cm³/mol. The molecule has 2 N–H and O–H groups in total. The van der Waals surface area contributed by atoms with Crippen LogP contribution in [-0.4, -0.2) is 66.2 Å². The molecule has 1 aliphatic heterocycles. The molecule has 3 atom stereocenters. The fourth-order valence-corrected chi connectivity index (χ4v) is 4.90. The smallest absolute Gasteiger partial charge is 0.391 e. The number of amides is 1. The molecule has 1 amide bonds. The number of halogens is 3. The number of benzene rings is 1. The van der Waals surface area contributed by atoms with Crippen LogP contribution in [0.25, 0.3) is 0 Å². The van der Waals surface area contributed by atoms with E-state index in [9.17, 15) is 28.2 Å². The lowest BCUT2D eigenvalue weighted by molar-refractivity contribution is -0.185. The van der Waals surface area contributed by atoms with Crippen LogP contribution >= 0.6 is 0 Å². The number of hydrogen-bond acceptors (Lipinski definition) is 5. The van der Waals surface area contributed by atoms with Gasteiger partial charge in [0.1, 0.15) is 6.61 Å². The molecule has 2 unspecified atom stereocenters. The van der Waals surface area contributed by atoms with E-state index in [1.165, 1.54) is 7.11 Å². The molecule has 0 spiro atoms. The molecule has 0 radical (unpaired) electrons. The number of nitrogens with zero attached hydrogens (tertiary/aromatic N) is 1. The lowest BCUT2D eigenvalue weighted by Gasteiger charge is -2.34. The van der Waals surface area contributed by atoms with Crippen molar-refractivity contribution in [3.8, 4) is 11.5 Å². The topological polar surface area (TPSA) is 79.2 Å². The van der Waals surface area contributed by atoms with Crippen molar-refractivity contribution in [3.05, 3.63) is 23.8 Å². The fourth-order valence-electron chi connectivity index (χ4n) is 4.90. The second kappa shape index (κ2) is 9.47. The summed E-state index contributed by atoms with van der Waals surface area (Å²) < 4.78 is 50.4. The Morgan fingerprint density at radius 1 is 1.25 bits per heavy atom. The standard InChI is InChI=1S/C23H32F3NO5/c1-14(29)22(2)13-27(21(30)12-28)11-18(22)15-4-9-19(31-3)20(10-15)32-17-7-5-16(6-8-17)23(24,25)26/h4,9-10,14,16-18,28-29H,5-8,11-13H2,1-3H3/t14-,16?,17?,18?,22?/m1/s1. The van der Waals surface area contributed by atoms with Crippen molar-refractivity contribution >= 4 is 5.91 Å². The molecular formula is C23H32F3NO5. The minimum absolute atomic E-state index is 0.0388. The quantitative estimate of drug-likeness (QED) is 0.681. The van der Waals surface area contributed by atoms with Gasteiger partial charge in [-0.2, -0.15) is 13.2 Å². The maximum absolute atomic E-state index is 13.0. The average Bonchev–Trinajstić information content (AvgIpc) is 3.12. The highest BCUT2D eigenvalue weighted by atomic mass is 19.4. The van der Waals surface area contributed by atoms with E-state index in [-0.39, 0.29) is 24.9 Å². The third-order valence-electron chi connectivity index (χ3n) is 7.19. The molecule has 3 rings (SSSR count). The van der Waals surface area contributed by atoms with E-state index >= 15 is 0 Å². The maximum Gasteiger partial charge on any atom is 0.391 e. The van der Waals surface area contributed by atoms with Crippen molar-refractivity contribution in [2.75, 3.05) is 26.8 Å². The van der Waals surface area contributed by atoms with Crippen molar-refractivity contribution in [2.45, 2.75) is 63.8 Å². The molecule has 2 fully saturated rings. The zero-order valence-electron chi connectivity index (χ0n) is 18.7. The van der Waals surface area contributed by atoms with E-state index in [4.69, 9.17) is 9.47 Å². The largest absolute Gasteiger partial charge is 0.493 e. The summed E-state index contributed by atoms with van der Waals surface area (Å²) in [5.74, 6) is -0.971. The van der Waals surface area contributed by atoms with Crippen molar-refractivity contribution in [2.24, 2.45) is 11.3 Å². The molecule has 1 aromatic carbocycles. The number of hydrogen-bond donors (Lipinski definition) is 2. The second-order valence-corrected chi connectivity index (χ2v) is 9.21. The Labute approximate surface area is 186 Å². The number of methoxy groups -OCH3 is 1. The van der Waals surface area contributed by atoms with E-state index in [0.29, 0.717) is 37.4 Å². The molecule has 1 saturated carbocycles. The van der Waals surface area contributed by atoms with Gasteiger partial charge < -0.3 is 24.6 Å². The highest BCUT2D eigenvalue weighted by Gasteiger charge is 2.48. The summed E-state index contributed by atoms with van der Waals surface area (Å²) in [6.45, 7) is 3.62. The summed E-state index contributed by atoms with van der Waals surface area (Å²) >= 11 is 0. The van der Waals surface area contributed by atoms with E-state index in [1.807, 2.05) is 13.0 Å². The van der Waals surface area contributed by atoms with Gasteiger partial charge in [0.25, 0.3) is 0 Å². The Bertz CT molecular complexity index is 807. The molecule has 2 aliphatic rings. The van der Waals surface area contributed by atoms with Gasteiger partial charge in [-0.3, -0.25) is 4.79 Å². The van der Waals surface area contributed by atoms with Crippen LogP contribution in [0.1, 0.15) is 51.0 Å². The molecule has 1 aliphatic carbocycles. The van der Waals surface area contributed by atoms with Crippen LogP contribution in [0.3, 0.4) is 0 Å². The summed E-state index contributed by atoms with van der Waals surface area (Å²) in [6, 6.07) is 5.39. The maximum atomic E-state index is 13.0. The molecule has 1 aromatic rings. The Balaban J connectivity index is 1.82. The van der Waals surface area contributed by atoms with Gasteiger partial charge in [0.05, 0.1) is 25.2 Å². The van der Waals surface area contributed by atoms with Gasteiger partial charge in [0, 0.05) is 24.4 Å². The summed E-state index contributed by atoms with van der Waals surface area (Å²) in [4.78, 5) is 13.6. The first-order chi connectivity index (χ1) is 15.0. The van der Waals surface area contributed by atoms with Crippen molar-refractivity contribution in [1.82, 2.24) is 4.90 Å². The van der Waals surface area contributed by atoms with Gasteiger partial charge in [0.15, 0.2) is 11.5 Å². The Morgan fingerprint density at radius 2 is 1.91 bits per heavy atom. The molecule has 6 nitrogen and oxygen atoms in total. The van der Waals surface area contributed by atoms with Crippen molar-refractivity contribution in [1.29, 1.82) is 0 Å². The van der Waals surface area contributed by atoms with E-state index in [1.54, 1.807) is 24.0 Å². The van der Waals surface area contributed by atoms with Crippen LogP contribution in [0.5, 0.6) is 11.5 Å². The Hall–Kier alpha value is -2.00. The van der Waals surface area contributed by atoms with Crippen LogP contribution in [0, 0.1) is 11.3 Å². The minimum Gasteiger partial charge on any atom is -0.493 e. The van der Waals surface area contributed by atoms with Crippen LogP contribution in [0.2, 0.25) is 0 Å². The average molecular weight is 460 g/mol. The Kier molecular flexibility index (Phi) is 7.29. The predicted octanol–water partition coefficient (Wildman–Crippen LogP) is 3.50. The molecule has 1 heterocycles. The number of carbonyl (C=O) groups excluding carboxylic acids is 1. The van der Waals surface area contributed by atoms with Gasteiger partial charge in [-0.1, -0.05) is 13.0 Å². The number of ether oxygens (including phenoxy) is 2. The summed E-state index contributed by atoms with van der Waals surface area (Å²) in [5.41, 5.74) is 0.197. The first-order valence-electron chi connectivity index (χ1n) is 11.0. The Morgan fingerprint density at radius 3 is 2.44 bits per heavy atom. The molecule has 9 heteroatoms. The normalized spacial score (nSPS) is 29.6. The molecule has 32 heavy (non-hydrogen) atoms. The zero-order chi connectivity index (χ0) is 23.7. The van der Waals surface area contributed by atoms with Crippen LogP contribution in [-0.2, 0) is 4.79 Å². The monoisotopic (exact) mass is 459 g/mol. The number of aliphatic hydroxyl groups excluding tert-OH is 2. The van der Waals surface area contributed by atoms with Gasteiger partial charge >= 0.3 is 6.18 Å². The van der Waals surface area contributed by atoms with Gasteiger partial charge in [-0.25, -0.2) is 0 Å². The van der Waals surface area contributed by atoms with Gasteiger partial charge in [0.2, 0.25) is 5.91 Å². The van der Waals surface area contributed by atoms with E-state index in [0.717, 1.165) is 5.56 Å². The number of rotatable bonds is 6. The number of carbonyl (C=O) groups is 1. The van der Waals surface area contributed by atoms with Crippen LogP contribution in [0.15, 0.2) is 18.2 Å². The summed E-state index contributed by atoms with van der Waals surface area (Å²) in [7, 11) is 1.50. The van der Waals surface area contributed by atoms with Crippen LogP contribution in [0.4, 0.5) is 13.2 Å². The zero-order valence-corrected chi connectivity index (χ0v) is 18.7. The highest BCUT2D eigenvalue weighted by molar-refractivity contribution is 5.77. The summed E-state index contributed by atoms with van der Waals surface area (Å²) in [5, 5.41) is 19.8. The lowest BCUT2D eigenvalue weighted by Crippen LogP contribution is -2.38.